The van der Waals surface area contributed by atoms with E-state index in [1.807, 2.05) is 42.5 Å². The maximum Gasteiger partial charge on any atom is 0.337 e. The summed E-state index contributed by atoms with van der Waals surface area (Å²) in [7, 11) is 0.654. The predicted molar refractivity (Wildman–Crippen MR) is 80.3 cm³/mol. The van der Waals surface area contributed by atoms with Crippen LogP contribution in [0.2, 0.25) is 0 Å². The number of carbonyl (C=O) groups excluding carboxylic acids is 1. The lowest BCUT2D eigenvalue weighted by Gasteiger charge is -2.10. The van der Waals surface area contributed by atoms with Gasteiger partial charge in [0.05, 0.1) is 12.7 Å². The molecule has 0 radical (unpaired) electrons. The van der Waals surface area contributed by atoms with Crippen LogP contribution in [0.1, 0.15) is 15.9 Å². The van der Waals surface area contributed by atoms with Gasteiger partial charge in [-0.1, -0.05) is 53.7 Å². The molecular weight excluding hydrogens is 279 g/mol. The molecule has 1 unspecified atom stereocenters. The van der Waals surface area contributed by atoms with Crippen LogP contribution in [-0.4, -0.2) is 13.1 Å². The van der Waals surface area contributed by atoms with Gasteiger partial charge in [0.25, 0.3) is 0 Å². The van der Waals surface area contributed by atoms with Crippen LogP contribution in [0.25, 0.3) is 0 Å². The highest BCUT2D eigenvalue weighted by atomic mass is 35.7. The van der Waals surface area contributed by atoms with Gasteiger partial charge in [-0.2, -0.15) is 0 Å². The van der Waals surface area contributed by atoms with Crippen molar-refractivity contribution in [2.24, 2.45) is 0 Å². The van der Waals surface area contributed by atoms with Gasteiger partial charge in [0.15, 0.2) is 0 Å². The summed E-state index contributed by atoms with van der Waals surface area (Å²) < 4.78 is 4.67. The monoisotopic (exact) mass is 292 g/mol. The molecule has 2 aromatic carbocycles. The van der Waals surface area contributed by atoms with Crippen LogP contribution in [0.5, 0.6) is 0 Å². The van der Waals surface area contributed by atoms with Crippen molar-refractivity contribution >= 4 is 29.8 Å². The van der Waals surface area contributed by atoms with Gasteiger partial charge in [-0.15, -0.1) is 0 Å². The molecule has 0 saturated heterocycles. The standard InChI is InChI=1S/C15H14ClO2P/c1-18-15(17)13-9-7-12(8-10-13)11-19(16)14-5-3-2-4-6-14/h2-10H,11H2,1H3. The van der Waals surface area contributed by atoms with E-state index < -0.39 is 7.27 Å². The number of carbonyl (C=O) groups is 1. The zero-order valence-corrected chi connectivity index (χ0v) is 12.2. The highest BCUT2D eigenvalue weighted by molar-refractivity contribution is 7.89. The largest absolute Gasteiger partial charge is 0.465 e. The molecule has 0 amide bonds. The molecule has 4 heteroatoms. The van der Waals surface area contributed by atoms with Gasteiger partial charge in [0.1, 0.15) is 0 Å². The lowest BCUT2D eigenvalue weighted by Crippen LogP contribution is -2.01. The number of rotatable bonds is 4. The SMILES string of the molecule is COC(=O)c1ccc(CP(Cl)c2ccccc2)cc1. The second-order valence-corrected chi connectivity index (χ2v) is 6.83. The minimum atomic E-state index is -0.724. The molecule has 1 atom stereocenters. The van der Waals surface area contributed by atoms with Gasteiger partial charge in [-0.25, -0.2) is 4.79 Å². The molecule has 19 heavy (non-hydrogen) atoms. The molecule has 0 saturated carbocycles. The molecule has 0 aliphatic heterocycles. The van der Waals surface area contributed by atoms with Crippen molar-refractivity contribution in [3.63, 3.8) is 0 Å². The fourth-order valence-corrected chi connectivity index (χ4v) is 3.67. The molecule has 2 rings (SSSR count). The number of halogens is 1. The zero-order valence-electron chi connectivity index (χ0n) is 10.5. The highest BCUT2D eigenvalue weighted by Crippen LogP contribution is 2.43. The molecule has 0 fully saturated rings. The molecule has 0 heterocycles. The van der Waals surface area contributed by atoms with Crippen molar-refractivity contribution in [3.8, 4) is 0 Å². The van der Waals surface area contributed by atoms with Crippen molar-refractivity contribution in [1.29, 1.82) is 0 Å². The maximum absolute atomic E-state index is 11.3. The third-order valence-corrected chi connectivity index (χ3v) is 5.18. The average molecular weight is 293 g/mol. The van der Waals surface area contributed by atoms with E-state index in [1.54, 1.807) is 12.1 Å². The quantitative estimate of drug-likeness (QED) is 0.630. The van der Waals surface area contributed by atoms with E-state index >= 15 is 0 Å². The summed E-state index contributed by atoms with van der Waals surface area (Å²) in [5, 5.41) is 1.16. The van der Waals surface area contributed by atoms with Crippen molar-refractivity contribution in [2.45, 2.75) is 6.16 Å². The molecule has 0 aliphatic rings. The first-order valence-electron chi connectivity index (χ1n) is 5.86. The van der Waals surface area contributed by atoms with Crippen LogP contribution in [0.4, 0.5) is 0 Å². The molecule has 0 spiro atoms. The Morgan fingerprint density at radius 3 is 2.32 bits per heavy atom. The second-order valence-electron chi connectivity index (χ2n) is 4.04. The summed E-state index contributed by atoms with van der Waals surface area (Å²) in [4.78, 5) is 11.3. The zero-order chi connectivity index (χ0) is 13.7. The lowest BCUT2D eigenvalue weighted by molar-refractivity contribution is 0.0601. The van der Waals surface area contributed by atoms with Crippen molar-refractivity contribution in [2.75, 3.05) is 7.11 Å². The first-order valence-corrected chi connectivity index (χ1v) is 8.29. The van der Waals surface area contributed by atoms with Crippen molar-refractivity contribution < 1.29 is 9.53 Å². The molecule has 2 aromatic rings. The Balaban J connectivity index is 2.06. The average Bonchev–Trinajstić information content (AvgIpc) is 2.48. The van der Waals surface area contributed by atoms with Gasteiger partial charge < -0.3 is 4.74 Å². The summed E-state index contributed by atoms with van der Waals surface area (Å²) in [5.41, 5.74) is 1.68. The fraction of sp³-hybridized carbons (Fsp3) is 0.133. The van der Waals surface area contributed by atoms with Crippen LogP contribution in [0.3, 0.4) is 0 Å². The summed E-state index contributed by atoms with van der Waals surface area (Å²) in [5.74, 6) is -0.317. The van der Waals surface area contributed by atoms with Crippen LogP contribution >= 0.6 is 18.5 Å². The van der Waals surface area contributed by atoms with Crippen molar-refractivity contribution in [3.05, 3.63) is 65.7 Å². The smallest absolute Gasteiger partial charge is 0.337 e. The van der Waals surface area contributed by atoms with Gasteiger partial charge in [0.2, 0.25) is 0 Å². The van der Waals surface area contributed by atoms with E-state index in [2.05, 4.69) is 4.74 Å². The van der Waals surface area contributed by atoms with E-state index in [0.717, 1.165) is 17.0 Å². The summed E-state index contributed by atoms with van der Waals surface area (Å²) in [6.07, 6.45) is 0.794. The van der Waals surface area contributed by atoms with E-state index in [-0.39, 0.29) is 5.97 Å². The number of hydrogen-bond donors (Lipinski definition) is 0. The Labute approximate surface area is 118 Å². The van der Waals surface area contributed by atoms with Gasteiger partial charge in [-0.05, 0) is 23.0 Å². The Morgan fingerprint density at radius 2 is 1.74 bits per heavy atom. The number of esters is 1. The van der Waals surface area contributed by atoms with Crippen molar-refractivity contribution in [1.82, 2.24) is 0 Å². The first-order chi connectivity index (χ1) is 9.20. The van der Waals surface area contributed by atoms with Crippen LogP contribution in [0, 0.1) is 0 Å². The van der Waals surface area contributed by atoms with Crippen LogP contribution < -0.4 is 5.30 Å². The molecule has 98 valence electrons. The Bertz CT molecular complexity index is 540. The van der Waals surface area contributed by atoms with Crippen LogP contribution in [-0.2, 0) is 10.9 Å². The van der Waals surface area contributed by atoms with Gasteiger partial charge >= 0.3 is 5.97 Å². The van der Waals surface area contributed by atoms with E-state index in [4.69, 9.17) is 11.2 Å². The Hall–Kier alpha value is -1.37. The third-order valence-electron chi connectivity index (χ3n) is 2.73. The number of benzene rings is 2. The van der Waals surface area contributed by atoms with E-state index in [9.17, 15) is 4.79 Å². The number of ether oxygens (including phenoxy) is 1. The second kappa shape index (κ2) is 6.70. The number of methoxy groups -OCH3 is 1. The molecule has 0 N–H and O–H groups in total. The van der Waals surface area contributed by atoms with E-state index in [1.165, 1.54) is 7.11 Å². The minimum absolute atomic E-state index is 0.317. The molecule has 0 aromatic heterocycles. The van der Waals surface area contributed by atoms with Gasteiger partial charge in [0, 0.05) is 13.4 Å². The molecule has 0 bridgehead atoms. The van der Waals surface area contributed by atoms with Crippen LogP contribution in [0.15, 0.2) is 54.6 Å². The number of hydrogen-bond acceptors (Lipinski definition) is 2. The Kier molecular flexibility index (Phi) is 4.95. The minimum Gasteiger partial charge on any atom is -0.465 e. The summed E-state index contributed by atoms with van der Waals surface area (Å²) in [6.45, 7) is 0. The van der Waals surface area contributed by atoms with Gasteiger partial charge in [-0.3, -0.25) is 0 Å². The molecule has 2 nitrogen and oxygen atoms in total. The molecule has 0 aliphatic carbocycles. The summed E-state index contributed by atoms with van der Waals surface area (Å²) >= 11 is 6.44. The Morgan fingerprint density at radius 1 is 1.11 bits per heavy atom. The highest BCUT2D eigenvalue weighted by Gasteiger charge is 2.09. The third kappa shape index (κ3) is 3.79. The topological polar surface area (TPSA) is 26.3 Å². The maximum atomic E-state index is 11.3. The van der Waals surface area contributed by atoms with E-state index in [0.29, 0.717) is 5.56 Å². The summed E-state index contributed by atoms with van der Waals surface area (Å²) in [6, 6.07) is 17.4. The lowest BCUT2D eigenvalue weighted by atomic mass is 10.1. The molecular formula is C15H14ClO2P. The fourth-order valence-electron chi connectivity index (χ4n) is 1.71. The predicted octanol–water partition coefficient (Wildman–Crippen LogP) is 3.93. The first kappa shape index (κ1) is 14.0. The normalized spacial score (nSPS) is 11.9.